The van der Waals surface area contributed by atoms with Gasteiger partial charge in [0.05, 0.1) is 11.2 Å². The molecule has 1 amide bonds. The molecule has 0 bridgehead atoms. The van der Waals surface area contributed by atoms with Gasteiger partial charge in [0.15, 0.2) is 0 Å². The van der Waals surface area contributed by atoms with Crippen LogP contribution in [0.2, 0.25) is 5.02 Å². The number of hydrogen-bond acceptors (Lipinski definition) is 3. The van der Waals surface area contributed by atoms with Crippen LogP contribution >= 0.6 is 11.6 Å². The van der Waals surface area contributed by atoms with Gasteiger partial charge in [0, 0.05) is 35.1 Å². The first-order valence-electron chi connectivity index (χ1n) is 8.86. The Morgan fingerprint density at radius 3 is 2.44 bits per heavy atom. The van der Waals surface area contributed by atoms with Crippen LogP contribution in [0.1, 0.15) is 28.8 Å². The molecule has 2 N–H and O–H groups in total. The van der Waals surface area contributed by atoms with E-state index >= 15 is 0 Å². The van der Waals surface area contributed by atoms with E-state index in [4.69, 9.17) is 11.6 Å². The molecule has 0 saturated carbocycles. The van der Waals surface area contributed by atoms with Gasteiger partial charge in [0.25, 0.3) is 5.91 Å². The number of fused-ring (bicyclic) bond motifs is 1. The molecule has 0 spiro atoms. The number of aromatic nitrogens is 1. The zero-order valence-electron chi connectivity index (χ0n) is 14.6. The van der Waals surface area contributed by atoms with E-state index in [-0.39, 0.29) is 11.5 Å². The molecule has 138 valence electrons. The fraction of sp³-hybridized carbons (Fsp3) is 0.238. The van der Waals surface area contributed by atoms with E-state index in [0.717, 1.165) is 10.9 Å². The Labute approximate surface area is 161 Å². The molecule has 0 atom stereocenters. The number of carbonyl (C=O) groups is 1. The van der Waals surface area contributed by atoms with Gasteiger partial charge in [-0.1, -0.05) is 41.9 Å². The molecule has 3 aromatic rings. The molecule has 1 aliphatic rings. The highest BCUT2D eigenvalue weighted by atomic mass is 35.5. The number of benzene rings is 2. The molecule has 2 heterocycles. The van der Waals surface area contributed by atoms with E-state index in [9.17, 15) is 14.7 Å². The van der Waals surface area contributed by atoms with Gasteiger partial charge in [0.1, 0.15) is 0 Å². The molecule has 1 fully saturated rings. The molecule has 1 saturated heterocycles. The summed E-state index contributed by atoms with van der Waals surface area (Å²) in [5, 5.41) is 12.3. The molecule has 6 heteroatoms. The zero-order chi connectivity index (χ0) is 19.0. The normalized spacial score (nSPS) is 16.4. The van der Waals surface area contributed by atoms with Crippen molar-refractivity contribution in [1.29, 1.82) is 0 Å². The predicted octanol–water partition coefficient (Wildman–Crippen LogP) is 3.31. The topological polar surface area (TPSA) is 73.4 Å². The minimum Gasteiger partial charge on any atom is -0.385 e. The molecule has 4 rings (SSSR count). The van der Waals surface area contributed by atoms with Crippen LogP contribution in [0.25, 0.3) is 10.9 Å². The number of nitrogens with zero attached hydrogens (tertiary/aromatic N) is 1. The van der Waals surface area contributed by atoms with Crippen LogP contribution in [0.5, 0.6) is 0 Å². The predicted molar refractivity (Wildman–Crippen MR) is 105 cm³/mol. The quantitative estimate of drug-likeness (QED) is 0.714. The molecule has 2 aromatic carbocycles. The number of H-pyrrole nitrogens is 1. The number of para-hydroxylation sites is 1. The minimum atomic E-state index is -0.975. The first kappa shape index (κ1) is 17.8. The fourth-order valence-corrected chi connectivity index (χ4v) is 3.81. The van der Waals surface area contributed by atoms with Crippen molar-refractivity contribution >= 4 is 28.4 Å². The average Bonchev–Trinajstić information content (AvgIpc) is 2.68. The Bertz CT molecular complexity index is 1050. The fourth-order valence-electron chi connectivity index (χ4n) is 3.68. The minimum absolute atomic E-state index is 0.185. The lowest BCUT2D eigenvalue weighted by molar-refractivity contribution is -0.0211. The second-order valence-electron chi connectivity index (χ2n) is 6.92. The number of aromatic amines is 1. The highest BCUT2D eigenvalue weighted by Crippen LogP contribution is 2.34. The third-order valence-corrected chi connectivity index (χ3v) is 5.49. The Balaban J connectivity index is 1.57. The standard InChI is InChI=1S/C21H19ClN2O3/c22-15-7-5-14(6-8-15)21(27)9-11-24(12-10-21)20(26)17-13-19(25)23-18-4-2-1-3-16(17)18/h1-8,13,27H,9-12H2,(H,23,25). The SMILES string of the molecule is O=C(c1cc(=O)[nH]c2ccccc12)N1CCC(O)(c2ccc(Cl)cc2)CC1. The maximum Gasteiger partial charge on any atom is 0.254 e. The highest BCUT2D eigenvalue weighted by Gasteiger charge is 2.35. The van der Waals surface area contributed by atoms with Gasteiger partial charge in [-0.15, -0.1) is 0 Å². The monoisotopic (exact) mass is 382 g/mol. The van der Waals surface area contributed by atoms with Gasteiger partial charge in [-0.25, -0.2) is 0 Å². The van der Waals surface area contributed by atoms with E-state index in [1.54, 1.807) is 23.1 Å². The van der Waals surface area contributed by atoms with Crippen LogP contribution in [-0.2, 0) is 5.60 Å². The Morgan fingerprint density at radius 1 is 1.07 bits per heavy atom. The van der Waals surface area contributed by atoms with Crippen LogP contribution < -0.4 is 5.56 Å². The summed E-state index contributed by atoms with van der Waals surface area (Å²) in [7, 11) is 0. The number of halogens is 1. The summed E-state index contributed by atoms with van der Waals surface area (Å²) < 4.78 is 0. The van der Waals surface area contributed by atoms with Gasteiger partial charge in [-0.2, -0.15) is 0 Å². The summed E-state index contributed by atoms with van der Waals surface area (Å²) >= 11 is 5.93. The highest BCUT2D eigenvalue weighted by molar-refractivity contribution is 6.30. The molecule has 1 aliphatic heterocycles. The number of pyridine rings is 1. The molecule has 0 radical (unpaired) electrons. The molecule has 0 aliphatic carbocycles. The van der Waals surface area contributed by atoms with Gasteiger partial charge >= 0.3 is 0 Å². The van der Waals surface area contributed by atoms with Crippen LogP contribution in [-0.4, -0.2) is 34.0 Å². The third kappa shape index (κ3) is 3.36. The summed E-state index contributed by atoms with van der Waals surface area (Å²) in [5.41, 5.74) is 0.569. The summed E-state index contributed by atoms with van der Waals surface area (Å²) in [4.78, 5) is 29.4. The summed E-state index contributed by atoms with van der Waals surface area (Å²) in [6.07, 6.45) is 0.864. The van der Waals surface area contributed by atoms with Crippen molar-refractivity contribution in [3.63, 3.8) is 0 Å². The first-order chi connectivity index (χ1) is 13.0. The molecule has 5 nitrogen and oxygen atoms in total. The van der Waals surface area contributed by atoms with E-state index in [1.165, 1.54) is 6.07 Å². The number of rotatable bonds is 2. The molecule has 0 unspecified atom stereocenters. The number of likely N-dealkylation sites (tertiary alicyclic amines) is 1. The van der Waals surface area contributed by atoms with Crippen LogP contribution in [0.3, 0.4) is 0 Å². The van der Waals surface area contributed by atoms with Crippen molar-refractivity contribution < 1.29 is 9.90 Å². The second kappa shape index (κ2) is 6.83. The number of aliphatic hydroxyl groups is 1. The van der Waals surface area contributed by atoms with E-state index in [2.05, 4.69) is 4.98 Å². The maximum absolute atomic E-state index is 13.0. The lowest BCUT2D eigenvalue weighted by Gasteiger charge is -2.38. The van der Waals surface area contributed by atoms with Crippen LogP contribution in [0, 0.1) is 0 Å². The molecular formula is C21H19ClN2O3. The Kier molecular flexibility index (Phi) is 4.50. The third-order valence-electron chi connectivity index (χ3n) is 5.24. The van der Waals surface area contributed by atoms with Crippen molar-refractivity contribution in [3.05, 3.63) is 81.1 Å². The van der Waals surface area contributed by atoms with Crippen molar-refractivity contribution in [3.8, 4) is 0 Å². The Hall–Kier alpha value is -2.63. The second-order valence-corrected chi connectivity index (χ2v) is 7.36. The van der Waals surface area contributed by atoms with Crippen molar-refractivity contribution in [1.82, 2.24) is 9.88 Å². The number of hydrogen-bond donors (Lipinski definition) is 2. The van der Waals surface area contributed by atoms with E-state index in [1.807, 2.05) is 30.3 Å². The van der Waals surface area contributed by atoms with Gasteiger partial charge in [-0.05, 0) is 36.6 Å². The van der Waals surface area contributed by atoms with Gasteiger partial charge in [-0.3, -0.25) is 9.59 Å². The van der Waals surface area contributed by atoms with Gasteiger partial charge in [0.2, 0.25) is 5.56 Å². The number of carbonyl (C=O) groups excluding carboxylic acids is 1. The summed E-state index contributed by atoms with van der Waals surface area (Å²) in [6.45, 7) is 0.832. The number of amides is 1. The van der Waals surface area contributed by atoms with Gasteiger partial charge < -0.3 is 15.0 Å². The largest absolute Gasteiger partial charge is 0.385 e. The van der Waals surface area contributed by atoms with Crippen LogP contribution in [0.15, 0.2) is 59.4 Å². The lowest BCUT2D eigenvalue weighted by Crippen LogP contribution is -2.45. The van der Waals surface area contributed by atoms with Crippen molar-refractivity contribution in [2.24, 2.45) is 0 Å². The Morgan fingerprint density at radius 2 is 1.74 bits per heavy atom. The first-order valence-corrected chi connectivity index (χ1v) is 9.24. The molecular weight excluding hydrogens is 364 g/mol. The number of nitrogens with one attached hydrogen (secondary N) is 1. The zero-order valence-corrected chi connectivity index (χ0v) is 15.4. The smallest absolute Gasteiger partial charge is 0.254 e. The van der Waals surface area contributed by atoms with Crippen molar-refractivity contribution in [2.45, 2.75) is 18.4 Å². The summed E-state index contributed by atoms with van der Waals surface area (Å²) in [6, 6.07) is 15.8. The van der Waals surface area contributed by atoms with E-state index < -0.39 is 5.60 Å². The average molecular weight is 383 g/mol. The lowest BCUT2D eigenvalue weighted by atomic mass is 9.84. The summed E-state index contributed by atoms with van der Waals surface area (Å²) in [5.74, 6) is -0.185. The molecule has 1 aromatic heterocycles. The van der Waals surface area contributed by atoms with E-state index in [0.29, 0.717) is 42.0 Å². The van der Waals surface area contributed by atoms with Crippen molar-refractivity contribution in [2.75, 3.05) is 13.1 Å². The number of piperidine rings is 1. The molecule has 27 heavy (non-hydrogen) atoms. The van der Waals surface area contributed by atoms with Crippen LogP contribution in [0.4, 0.5) is 0 Å². The maximum atomic E-state index is 13.0.